The highest BCUT2D eigenvalue weighted by atomic mass is 16.2. The molecular weight excluding hydrogens is 252 g/mol. The summed E-state index contributed by atoms with van der Waals surface area (Å²) in [6.45, 7) is 5.10. The van der Waals surface area contributed by atoms with Crippen LogP contribution in [0.3, 0.4) is 0 Å². The molecule has 108 valence electrons. The zero-order valence-electron chi connectivity index (χ0n) is 12.2. The van der Waals surface area contributed by atoms with Gasteiger partial charge in [0.25, 0.3) is 0 Å². The lowest BCUT2D eigenvalue weighted by atomic mass is 10.0. The van der Waals surface area contributed by atoms with Crippen molar-refractivity contribution in [1.29, 1.82) is 0 Å². The number of likely N-dealkylation sites (tertiary alicyclic amines) is 1. The van der Waals surface area contributed by atoms with Crippen molar-refractivity contribution in [3.05, 3.63) is 29.8 Å². The Balaban J connectivity index is 1.94. The Morgan fingerprint density at radius 1 is 1.35 bits per heavy atom. The molecule has 1 aliphatic rings. The molecule has 0 aromatic heterocycles. The third-order valence-corrected chi connectivity index (χ3v) is 3.84. The fourth-order valence-electron chi connectivity index (χ4n) is 2.59. The Kier molecular flexibility index (Phi) is 4.90. The molecule has 1 atom stereocenters. The molecule has 4 nitrogen and oxygen atoms in total. The number of hydrogen-bond acceptors (Lipinski definition) is 3. The fraction of sp³-hybridized carbons (Fsp3) is 0.500. The van der Waals surface area contributed by atoms with Gasteiger partial charge in [0.15, 0.2) is 5.78 Å². The van der Waals surface area contributed by atoms with E-state index in [-0.39, 0.29) is 11.7 Å². The summed E-state index contributed by atoms with van der Waals surface area (Å²) in [5.74, 6) is -0.00907. The highest BCUT2D eigenvalue weighted by Crippen LogP contribution is 2.16. The molecule has 1 saturated heterocycles. The molecule has 0 spiro atoms. The lowest BCUT2D eigenvalue weighted by molar-refractivity contribution is -0.118. The topological polar surface area (TPSA) is 49.4 Å². The van der Waals surface area contributed by atoms with Crippen LogP contribution in [-0.2, 0) is 4.79 Å². The molecule has 0 aliphatic carbocycles. The van der Waals surface area contributed by atoms with Crippen molar-refractivity contribution in [3.63, 3.8) is 0 Å². The first-order valence-corrected chi connectivity index (χ1v) is 7.21. The van der Waals surface area contributed by atoms with Crippen molar-refractivity contribution in [2.24, 2.45) is 0 Å². The van der Waals surface area contributed by atoms with Gasteiger partial charge < -0.3 is 5.32 Å². The van der Waals surface area contributed by atoms with E-state index in [0.29, 0.717) is 23.8 Å². The van der Waals surface area contributed by atoms with Crippen LogP contribution in [0.1, 0.15) is 43.5 Å². The molecule has 0 radical (unpaired) electrons. The average Bonchev–Trinajstić information content (AvgIpc) is 2.41. The summed E-state index contributed by atoms with van der Waals surface area (Å²) in [6, 6.07) is 7.54. The van der Waals surface area contributed by atoms with E-state index in [0.717, 1.165) is 19.4 Å². The highest BCUT2D eigenvalue weighted by molar-refractivity contribution is 5.97. The van der Waals surface area contributed by atoms with Crippen molar-refractivity contribution < 1.29 is 9.59 Å². The van der Waals surface area contributed by atoms with E-state index in [4.69, 9.17) is 0 Å². The minimum Gasteiger partial charge on any atom is -0.325 e. The first-order valence-electron chi connectivity index (χ1n) is 7.21. The lowest BCUT2D eigenvalue weighted by Crippen LogP contribution is -2.42. The van der Waals surface area contributed by atoms with Crippen molar-refractivity contribution in [2.75, 3.05) is 18.4 Å². The number of amides is 1. The number of nitrogens with one attached hydrogen (secondary N) is 1. The van der Waals surface area contributed by atoms with Gasteiger partial charge >= 0.3 is 0 Å². The van der Waals surface area contributed by atoms with Crippen LogP contribution in [0.4, 0.5) is 5.69 Å². The second-order valence-electron chi connectivity index (χ2n) is 5.50. The van der Waals surface area contributed by atoms with Crippen LogP contribution in [0.2, 0.25) is 0 Å². The molecule has 0 unspecified atom stereocenters. The van der Waals surface area contributed by atoms with Crippen LogP contribution >= 0.6 is 0 Å². The molecule has 1 heterocycles. The second kappa shape index (κ2) is 6.66. The molecule has 2 rings (SSSR count). The summed E-state index contributed by atoms with van der Waals surface area (Å²) in [4.78, 5) is 25.6. The minimum absolute atomic E-state index is 0.00533. The largest absolute Gasteiger partial charge is 0.325 e. The van der Waals surface area contributed by atoms with E-state index in [1.54, 1.807) is 18.2 Å². The number of ketones is 1. The number of Topliss-reactive ketones (excluding diaryl/α,β-unsaturated/α-hetero) is 1. The van der Waals surface area contributed by atoms with E-state index < -0.39 is 0 Å². The summed E-state index contributed by atoms with van der Waals surface area (Å²) >= 11 is 0. The Bertz CT molecular complexity index is 499. The lowest BCUT2D eigenvalue weighted by Gasteiger charge is -2.32. The van der Waals surface area contributed by atoms with Gasteiger partial charge in [-0.25, -0.2) is 0 Å². The van der Waals surface area contributed by atoms with Crippen LogP contribution in [0.5, 0.6) is 0 Å². The van der Waals surface area contributed by atoms with Crippen molar-refractivity contribution in [1.82, 2.24) is 4.90 Å². The minimum atomic E-state index is -0.0144. The summed E-state index contributed by atoms with van der Waals surface area (Å²) in [6.07, 6.45) is 3.57. The molecule has 1 aliphatic heterocycles. The number of rotatable bonds is 4. The first kappa shape index (κ1) is 14.7. The van der Waals surface area contributed by atoms with Gasteiger partial charge in [-0.05, 0) is 45.4 Å². The normalized spacial score (nSPS) is 19.6. The average molecular weight is 274 g/mol. The van der Waals surface area contributed by atoms with Gasteiger partial charge in [-0.15, -0.1) is 0 Å². The first-order chi connectivity index (χ1) is 9.56. The van der Waals surface area contributed by atoms with E-state index in [1.807, 2.05) is 6.07 Å². The maximum absolute atomic E-state index is 12.1. The SMILES string of the molecule is CC(=O)c1cccc(NC(=O)CN2CCCC[C@H]2C)c1. The van der Waals surface area contributed by atoms with Crippen LogP contribution in [0.25, 0.3) is 0 Å². The monoisotopic (exact) mass is 274 g/mol. The number of nitrogens with zero attached hydrogens (tertiary/aromatic N) is 1. The van der Waals surface area contributed by atoms with Crippen LogP contribution in [0.15, 0.2) is 24.3 Å². The van der Waals surface area contributed by atoms with Gasteiger partial charge in [0, 0.05) is 17.3 Å². The third-order valence-electron chi connectivity index (χ3n) is 3.84. The Hall–Kier alpha value is -1.68. The van der Waals surface area contributed by atoms with E-state index in [9.17, 15) is 9.59 Å². The highest BCUT2D eigenvalue weighted by Gasteiger charge is 2.20. The zero-order chi connectivity index (χ0) is 14.5. The quantitative estimate of drug-likeness (QED) is 0.859. The fourth-order valence-corrected chi connectivity index (χ4v) is 2.59. The number of benzene rings is 1. The summed E-state index contributed by atoms with van der Waals surface area (Å²) < 4.78 is 0. The molecule has 1 aromatic carbocycles. The van der Waals surface area contributed by atoms with Gasteiger partial charge in [0.05, 0.1) is 6.54 Å². The number of piperidine rings is 1. The summed E-state index contributed by atoms with van der Waals surface area (Å²) in [7, 11) is 0. The Morgan fingerprint density at radius 2 is 2.15 bits per heavy atom. The number of carbonyl (C=O) groups excluding carboxylic acids is 2. The molecule has 0 bridgehead atoms. The maximum Gasteiger partial charge on any atom is 0.238 e. The Morgan fingerprint density at radius 3 is 2.85 bits per heavy atom. The maximum atomic E-state index is 12.1. The number of carbonyl (C=O) groups is 2. The third kappa shape index (κ3) is 3.90. The summed E-state index contributed by atoms with van der Waals surface area (Å²) in [5, 5.41) is 2.87. The van der Waals surface area contributed by atoms with Crippen molar-refractivity contribution in [2.45, 2.75) is 39.2 Å². The van der Waals surface area contributed by atoms with Crippen molar-refractivity contribution >= 4 is 17.4 Å². The molecular formula is C16H22N2O2. The van der Waals surface area contributed by atoms with Crippen LogP contribution in [0, 0.1) is 0 Å². The summed E-state index contributed by atoms with van der Waals surface area (Å²) in [5.41, 5.74) is 1.31. The van der Waals surface area contributed by atoms with Gasteiger partial charge in [-0.1, -0.05) is 18.6 Å². The van der Waals surface area contributed by atoms with Gasteiger partial charge in [-0.3, -0.25) is 14.5 Å². The molecule has 1 fully saturated rings. The smallest absolute Gasteiger partial charge is 0.238 e. The van der Waals surface area contributed by atoms with Gasteiger partial charge in [0.1, 0.15) is 0 Å². The van der Waals surface area contributed by atoms with E-state index >= 15 is 0 Å². The Labute approximate surface area is 120 Å². The molecule has 1 N–H and O–H groups in total. The van der Waals surface area contributed by atoms with E-state index in [2.05, 4.69) is 17.1 Å². The predicted octanol–water partition coefficient (Wildman–Crippen LogP) is 2.70. The van der Waals surface area contributed by atoms with Crippen molar-refractivity contribution in [3.8, 4) is 0 Å². The number of anilines is 1. The molecule has 4 heteroatoms. The molecule has 1 amide bonds. The number of hydrogen-bond donors (Lipinski definition) is 1. The second-order valence-corrected chi connectivity index (χ2v) is 5.50. The molecule has 0 saturated carbocycles. The van der Waals surface area contributed by atoms with Crippen LogP contribution < -0.4 is 5.32 Å². The predicted molar refractivity (Wildman–Crippen MR) is 80.0 cm³/mol. The molecule has 20 heavy (non-hydrogen) atoms. The van der Waals surface area contributed by atoms with Gasteiger partial charge in [-0.2, -0.15) is 0 Å². The van der Waals surface area contributed by atoms with E-state index in [1.165, 1.54) is 13.3 Å². The van der Waals surface area contributed by atoms with Gasteiger partial charge in [0.2, 0.25) is 5.91 Å². The standard InChI is InChI=1S/C16H22N2O2/c1-12-6-3-4-9-18(12)11-16(20)17-15-8-5-7-14(10-15)13(2)19/h5,7-8,10,12H,3-4,6,9,11H2,1-2H3,(H,17,20)/t12-/m1/s1. The van der Waals surface area contributed by atoms with Crippen LogP contribution in [-0.4, -0.2) is 35.7 Å². The molecule has 1 aromatic rings. The zero-order valence-corrected chi connectivity index (χ0v) is 12.2.